The third kappa shape index (κ3) is 1.53. The molecule has 0 aromatic carbocycles. The average molecular weight is 197 g/mol. The van der Waals surface area contributed by atoms with E-state index in [-0.39, 0.29) is 23.7 Å². The number of fused-ring (bicyclic) bond motifs is 1. The van der Waals surface area contributed by atoms with Crippen LogP contribution in [0.2, 0.25) is 0 Å². The van der Waals surface area contributed by atoms with Crippen molar-refractivity contribution in [3.63, 3.8) is 0 Å². The van der Waals surface area contributed by atoms with Crippen molar-refractivity contribution < 1.29 is 9.59 Å². The SMILES string of the molecule is NCCCN1CC2C(=O)NC(=O)C2C1. The molecule has 0 saturated carbocycles. The molecule has 2 unspecified atom stereocenters. The van der Waals surface area contributed by atoms with Crippen LogP contribution in [0, 0.1) is 11.8 Å². The van der Waals surface area contributed by atoms with Crippen LogP contribution in [0.25, 0.3) is 0 Å². The van der Waals surface area contributed by atoms with E-state index < -0.39 is 0 Å². The molecule has 5 heteroatoms. The van der Waals surface area contributed by atoms with Gasteiger partial charge in [-0.2, -0.15) is 0 Å². The molecule has 2 rings (SSSR count). The number of nitrogens with two attached hydrogens (primary N) is 1. The van der Waals surface area contributed by atoms with Gasteiger partial charge in [0, 0.05) is 13.1 Å². The van der Waals surface area contributed by atoms with Crippen molar-refractivity contribution in [2.75, 3.05) is 26.2 Å². The van der Waals surface area contributed by atoms with Gasteiger partial charge in [-0.3, -0.25) is 14.9 Å². The largest absolute Gasteiger partial charge is 0.330 e. The lowest BCUT2D eigenvalue weighted by Gasteiger charge is -2.15. The lowest BCUT2D eigenvalue weighted by molar-refractivity contribution is -0.126. The summed E-state index contributed by atoms with van der Waals surface area (Å²) in [6, 6.07) is 0. The maximum absolute atomic E-state index is 11.3. The molecule has 14 heavy (non-hydrogen) atoms. The van der Waals surface area contributed by atoms with Crippen LogP contribution >= 0.6 is 0 Å². The highest BCUT2D eigenvalue weighted by molar-refractivity contribution is 6.05. The Kier molecular flexibility index (Phi) is 2.52. The van der Waals surface area contributed by atoms with E-state index in [1.807, 2.05) is 0 Å². The van der Waals surface area contributed by atoms with Crippen molar-refractivity contribution in [1.82, 2.24) is 10.2 Å². The van der Waals surface area contributed by atoms with Crippen LogP contribution in [0.5, 0.6) is 0 Å². The van der Waals surface area contributed by atoms with Crippen LogP contribution in [-0.2, 0) is 9.59 Å². The van der Waals surface area contributed by atoms with Gasteiger partial charge in [0.2, 0.25) is 11.8 Å². The zero-order valence-electron chi connectivity index (χ0n) is 8.03. The molecule has 2 heterocycles. The summed E-state index contributed by atoms with van der Waals surface area (Å²) in [4.78, 5) is 24.8. The molecule has 0 spiro atoms. The molecule has 3 N–H and O–H groups in total. The molecule has 0 aromatic heterocycles. The smallest absolute Gasteiger partial charge is 0.231 e. The van der Waals surface area contributed by atoms with E-state index >= 15 is 0 Å². The standard InChI is InChI=1S/C9H15N3O2/c10-2-1-3-12-4-6-7(5-12)9(14)11-8(6)13/h6-7H,1-5,10H2,(H,11,13,14). The van der Waals surface area contributed by atoms with Crippen LogP contribution in [0.3, 0.4) is 0 Å². The van der Waals surface area contributed by atoms with Crippen molar-refractivity contribution >= 4 is 11.8 Å². The summed E-state index contributed by atoms with van der Waals surface area (Å²) in [5, 5.41) is 2.37. The van der Waals surface area contributed by atoms with Gasteiger partial charge in [-0.1, -0.05) is 0 Å². The molecule has 0 bridgehead atoms. The summed E-state index contributed by atoms with van der Waals surface area (Å²) in [7, 11) is 0. The minimum absolute atomic E-state index is 0.102. The first-order valence-electron chi connectivity index (χ1n) is 4.99. The molecular weight excluding hydrogens is 182 g/mol. The highest BCUT2D eigenvalue weighted by atomic mass is 16.2. The summed E-state index contributed by atoms with van der Waals surface area (Å²) in [6.07, 6.45) is 0.926. The van der Waals surface area contributed by atoms with E-state index in [4.69, 9.17) is 5.73 Å². The number of carbonyl (C=O) groups excluding carboxylic acids is 2. The van der Waals surface area contributed by atoms with Crippen molar-refractivity contribution in [1.29, 1.82) is 0 Å². The molecule has 2 atom stereocenters. The van der Waals surface area contributed by atoms with E-state index in [0.29, 0.717) is 19.6 Å². The molecular formula is C9H15N3O2. The van der Waals surface area contributed by atoms with Gasteiger partial charge in [0.05, 0.1) is 11.8 Å². The van der Waals surface area contributed by atoms with Gasteiger partial charge in [0.15, 0.2) is 0 Å². The van der Waals surface area contributed by atoms with Gasteiger partial charge in [-0.25, -0.2) is 0 Å². The lowest BCUT2D eigenvalue weighted by Crippen LogP contribution is -2.32. The first kappa shape index (κ1) is 9.61. The predicted octanol–water partition coefficient (Wildman–Crippen LogP) is -1.46. The monoisotopic (exact) mass is 197 g/mol. The molecule has 2 saturated heterocycles. The van der Waals surface area contributed by atoms with E-state index in [9.17, 15) is 9.59 Å². The Morgan fingerprint density at radius 2 is 1.86 bits per heavy atom. The molecule has 0 radical (unpaired) electrons. The normalized spacial score (nSPS) is 32.1. The lowest BCUT2D eigenvalue weighted by atomic mass is 10.00. The third-order valence-electron chi connectivity index (χ3n) is 2.99. The summed E-state index contributed by atoms with van der Waals surface area (Å²) < 4.78 is 0. The maximum atomic E-state index is 11.3. The number of nitrogens with one attached hydrogen (secondary N) is 1. The molecule has 2 aliphatic rings. The summed E-state index contributed by atoms with van der Waals surface area (Å²) in [5.41, 5.74) is 5.40. The Morgan fingerprint density at radius 3 is 2.36 bits per heavy atom. The highest BCUT2D eigenvalue weighted by Gasteiger charge is 2.47. The van der Waals surface area contributed by atoms with Crippen LogP contribution < -0.4 is 11.1 Å². The Bertz CT molecular complexity index is 245. The number of carbonyl (C=O) groups is 2. The zero-order valence-corrected chi connectivity index (χ0v) is 8.03. The fourth-order valence-corrected chi connectivity index (χ4v) is 2.22. The van der Waals surface area contributed by atoms with Gasteiger partial charge >= 0.3 is 0 Å². The second-order valence-electron chi connectivity index (χ2n) is 3.97. The molecule has 2 amide bonds. The van der Waals surface area contributed by atoms with E-state index in [0.717, 1.165) is 13.0 Å². The van der Waals surface area contributed by atoms with Gasteiger partial charge in [-0.05, 0) is 19.5 Å². The first-order chi connectivity index (χ1) is 6.72. The number of rotatable bonds is 3. The van der Waals surface area contributed by atoms with Crippen LogP contribution in [-0.4, -0.2) is 42.9 Å². The quantitative estimate of drug-likeness (QED) is 0.542. The number of likely N-dealkylation sites (tertiary alicyclic amines) is 1. The first-order valence-corrected chi connectivity index (χ1v) is 4.99. The highest BCUT2D eigenvalue weighted by Crippen LogP contribution is 2.27. The van der Waals surface area contributed by atoms with E-state index in [1.165, 1.54) is 0 Å². The van der Waals surface area contributed by atoms with Crippen molar-refractivity contribution in [3.05, 3.63) is 0 Å². The molecule has 0 aliphatic carbocycles. The number of nitrogens with zero attached hydrogens (tertiary/aromatic N) is 1. The second-order valence-corrected chi connectivity index (χ2v) is 3.97. The van der Waals surface area contributed by atoms with Crippen LogP contribution in [0.1, 0.15) is 6.42 Å². The number of hydrogen-bond acceptors (Lipinski definition) is 4. The molecule has 2 fully saturated rings. The number of hydrogen-bond donors (Lipinski definition) is 2. The summed E-state index contributed by atoms with van der Waals surface area (Å²) in [6.45, 7) is 2.97. The van der Waals surface area contributed by atoms with E-state index in [1.54, 1.807) is 0 Å². The minimum atomic E-state index is -0.111. The number of imide groups is 1. The summed E-state index contributed by atoms with van der Waals surface area (Å²) in [5.74, 6) is -0.425. The molecule has 5 nitrogen and oxygen atoms in total. The fourth-order valence-electron chi connectivity index (χ4n) is 2.22. The van der Waals surface area contributed by atoms with Gasteiger partial charge in [0.1, 0.15) is 0 Å². The van der Waals surface area contributed by atoms with Crippen molar-refractivity contribution in [3.8, 4) is 0 Å². The average Bonchev–Trinajstić information content (AvgIpc) is 2.67. The Hall–Kier alpha value is -0.940. The van der Waals surface area contributed by atoms with Crippen LogP contribution in [0.4, 0.5) is 0 Å². The maximum Gasteiger partial charge on any atom is 0.231 e. The van der Waals surface area contributed by atoms with Crippen molar-refractivity contribution in [2.24, 2.45) is 17.6 Å². The molecule has 78 valence electrons. The van der Waals surface area contributed by atoms with Gasteiger partial charge < -0.3 is 10.6 Å². The zero-order chi connectivity index (χ0) is 10.1. The predicted molar refractivity (Wildman–Crippen MR) is 50.2 cm³/mol. The topological polar surface area (TPSA) is 75.4 Å². The van der Waals surface area contributed by atoms with Crippen LogP contribution in [0.15, 0.2) is 0 Å². The van der Waals surface area contributed by atoms with E-state index in [2.05, 4.69) is 10.2 Å². The van der Waals surface area contributed by atoms with Crippen molar-refractivity contribution in [2.45, 2.75) is 6.42 Å². The Labute approximate surface area is 82.6 Å². The number of amides is 2. The fraction of sp³-hybridized carbons (Fsp3) is 0.778. The second kappa shape index (κ2) is 3.67. The third-order valence-corrected chi connectivity index (χ3v) is 2.99. The molecule has 0 aromatic rings. The van der Waals surface area contributed by atoms with Gasteiger partial charge in [0.25, 0.3) is 0 Å². The summed E-state index contributed by atoms with van der Waals surface area (Å²) >= 11 is 0. The Balaban J connectivity index is 1.94. The minimum Gasteiger partial charge on any atom is -0.330 e. The Morgan fingerprint density at radius 1 is 1.29 bits per heavy atom. The van der Waals surface area contributed by atoms with Gasteiger partial charge in [-0.15, -0.1) is 0 Å². The molecule has 2 aliphatic heterocycles.